The van der Waals surface area contributed by atoms with Crippen LogP contribution >= 0.6 is 28.4 Å². The number of benzene rings is 4. The van der Waals surface area contributed by atoms with E-state index in [9.17, 15) is 0 Å². The summed E-state index contributed by atoms with van der Waals surface area (Å²) in [5.74, 6) is 0. The number of aryl methyl sites for hydroxylation is 1. The zero-order chi connectivity index (χ0) is 30.0. The minimum atomic E-state index is -4.89. The Bertz CT molecular complexity index is 2030. The fourth-order valence-electron chi connectivity index (χ4n) is 7.51. The Morgan fingerprint density at radius 3 is 1.65 bits per heavy atom. The van der Waals surface area contributed by atoms with E-state index in [2.05, 4.69) is 148 Å². The molecule has 0 aliphatic heterocycles. The van der Waals surface area contributed by atoms with Crippen molar-refractivity contribution in [2.24, 2.45) is 0 Å². The molecule has 0 fully saturated rings. The van der Waals surface area contributed by atoms with Crippen LogP contribution in [0.3, 0.4) is 0 Å². The molecule has 5 aromatic rings. The third-order valence-corrected chi connectivity index (χ3v) is 57.2. The van der Waals surface area contributed by atoms with Crippen LogP contribution in [0, 0.1) is 6.92 Å². The number of thiophene rings is 1. The number of allylic oxidation sites excluding steroid dienone is 2. The minimum absolute atomic E-state index is 0.00468. The SMILES string of the molecule is CC1=Cc2c(-c3ccccc3)cccc2[CH]1[Zr]([Cl])([Cl])([CH]1C(c2ccc(C)s2)=Cc2c(-c3ccccc3)cccc21)=[Si](C)C. The van der Waals surface area contributed by atoms with Crippen molar-refractivity contribution in [3.8, 4) is 22.3 Å². The van der Waals surface area contributed by atoms with E-state index in [0.717, 1.165) is 0 Å². The molecule has 1 heterocycles. The molecule has 0 nitrogen and oxygen atoms in total. The Kier molecular flexibility index (Phi) is 7.51. The van der Waals surface area contributed by atoms with Crippen molar-refractivity contribution in [1.29, 1.82) is 0 Å². The standard InChI is InChI=1S/C20H15S.C16H13.C2H6Si.2ClH.Zr/c1-14-10-11-20(21-14)17-12-16-8-5-9-18(19(16)13-17)15-6-3-2-4-7-15;1-12-10-14-8-5-9-15(16(14)11-12)13-6-3-2-4-7-13;1-3-2;;;/h2-13H,1H3;2-11H,1H3;1-2H3;2*1H;/q;;;;;+2/p-2. The van der Waals surface area contributed by atoms with Gasteiger partial charge in [-0.15, -0.1) is 0 Å². The zero-order valence-corrected chi connectivity index (χ0v) is 30.7. The van der Waals surface area contributed by atoms with Crippen molar-refractivity contribution >= 4 is 51.5 Å². The number of hydrogen-bond acceptors (Lipinski definition) is 1. The molecule has 2 aliphatic rings. The van der Waals surface area contributed by atoms with Crippen LogP contribution in [0.2, 0.25) is 13.1 Å². The molecule has 2 atom stereocenters. The molecule has 0 saturated heterocycles. The summed E-state index contributed by atoms with van der Waals surface area (Å²) in [4.78, 5) is 2.60. The molecule has 0 saturated carbocycles. The van der Waals surface area contributed by atoms with Gasteiger partial charge in [0.15, 0.2) is 0 Å². The zero-order valence-electron chi connectivity index (χ0n) is 24.9. The van der Waals surface area contributed by atoms with E-state index in [-0.39, 0.29) is 7.25 Å². The molecule has 1 aromatic heterocycles. The summed E-state index contributed by atoms with van der Waals surface area (Å²) < 4.78 is 0.0539. The molecule has 0 amide bonds. The van der Waals surface area contributed by atoms with E-state index >= 15 is 0 Å². The Morgan fingerprint density at radius 2 is 1.14 bits per heavy atom. The van der Waals surface area contributed by atoms with Gasteiger partial charge in [-0.2, -0.15) is 0 Å². The molecule has 214 valence electrons. The number of fused-ring (bicyclic) bond motifs is 2. The van der Waals surface area contributed by atoms with Gasteiger partial charge < -0.3 is 0 Å². The van der Waals surface area contributed by atoms with Crippen LogP contribution in [-0.4, -0.2) is 5.43 Å². The first-order valence-electron chi connectivity index (χ1n) is 14.9. The monoisotopic (exact) mass is 710 g/mol. The first kappa shape index (κ1) is 29.5. The third kappa shape index (κ3) is 4.62. The van der Waals surface area contributed by atoms with Gasteiger partial charge in [-0.3, -0.25) is 0 Å². The molecule has 0 bridgehead atoms. The van der Waals surface area contributed by atoms with Crippen molar-refractivity contribution in [3.05, 3.63) is 147 Å². The maximum absolute atomic E-state index is 8.58. The molecule has 5 heteroatoms. The molecule has 2 unspecified atom stereocenters. The molecule has 2 aliphatic carbocycles. The number of hydrogen-bond donors (Lipinski definition) is 0. The Morgan fingerprint density at radius 1 is 0.605 bits per heavy atom. The van der Waals surface area contributed by atoms with Gasteiger partial charge in [-0.1, -0.05) is 0 Å². The molecule has 0 spiro atoms. The Balaban J connectivity index is 1.51. The fourth-order valence-corrected chi connectivity index (χ4v) is 37.8. The van der Waals surface area contributed by atoms with Crippen molar-refractivity contribution in [2.75, 3.05) is 0 Å². The van der Waals surface area contributed by atoms with Crippen LogP contribution < -0.4 is 0 Å². The summed E-state index contributed by atoms with van der Waals surface area (Å²) in [7, 11) is 17.2. The van der Waals surface area contributed by atoms with E-state index in [1.807, 2.05) is 11.3 Å². The predicted octanol–water partition coefficient (Wildman–Crippen LogP) is 12.4. The van der Waals surface area contributed by atoms with Gasteiger partial charge in [0, 0.05) is 0 Å². The summed E-state index contributed by atoms with van der Waals surface area (Å²) in [6, 6.07) is 39.5. The number of rotatable bonds is 5. The summed E-state index contributed by atoms with van der Waals surface area (Å²) >= 11 is -3.03. The van der Waals surface area contributed by atoms with Gasteiger partial charge in [0.1, 0.15) is 0 Å². The predicted molar refractivity (Wildman–Crippen MR) is 189 cm³/mol. The molecule has 7 rings (SSSR count). The van der Waals surface area contributed by atoms with Crippen molar-refractivity contribution in [3.63, 3.8) is 0 Å². The molecular formula is C38H34Cl2SSiZr. The second-order valence-electron chi connectivity index (χ2n) is 12.3. The second kappa shape index (κ2) is 11.0. The second-order valence-corrected chi connectivity index (χ2v) is 52.3. The number of halogens is 2. The van der Waals surface area contributed by atoms with Gasteiger partial charge in [-0.05, 0) is 0 Å². The Hall–Kier alpha value is -2.26. The Labute approximate surface area is 267 Å². The van der Waals surface area contributed by atoms with Gasteiger partial charge >= 0.3 is 270 Å². The van der Waals surface area contributed by atoms with E-state index < -0.39 is 20.4 Å². The van der Waals surface area contributed by atoms with E-state index in [4.69, 9.17) is 17.0 Å². The van der Waals surface area contributed by atoms with Crippen LogP contribution in [0.1, 0.15) is 46.2 Å². The first-order chi connectivity index (χ1) is 20.7. The van der Waals surface area contributed by atoms with Crippen LogP contribution in [0.25, 0.3) is 40.0 Å². The summed E-state index contributed by atoms with van der Waals surface area (Å²) in [5, 5.41) is 0. The summed E-state index contributed by atoms with van der Waals surface area (Å²) in [5.41, 5.74) is 11.6. The first-order valence-corrected chi connectivity index (χ1v) is 31.1. The quantitative estimate of drug-likeness (QED) is 0.159. The van der Waals surface area contributed by atoms with Gasteiger partial charge in [0.05, 0.1) is 0 Å². The summed E-state index contributed by atoms with van der Waals surface area (Å²) in [6.07, 6.45) is 4.83. The normalized spacial score (nSPS) is 17.7. The molecule has 0 N–H and O–H groups in total. The summed E-state index contributed by atoms with van der Waals surface area (Å²) in [6.45, 7) is 9.24. The maximum atomic E-state index is 8.58. The van der Waals surface area contributed by atoms with Crippen LogP contribution in [0.15, 0.2) is 115 Å². The van der Waals surface area contributed by atoms with Gasteiger partial charge in [0.2, 0.25) is 0 Å². The average Bonchev–Trinajstić information content (AvgIpc) is 3.72. The fraction of sp³-hybridized carbons (Fsp3) is 0.158. The van der Waals surface area contributed by atoms with Crippen molar-refractivity contribution in [1.82, 2.24) is 0 Å². The van der Waals surface area contributed by atoms with Crippen LogP contribution in [-0.2, 0) is 15.0 Å². The molecular weight excluding hydrogens is 679 g/mol. The van der Waals surface area contributed by atoms with Crippen LogP contribution in [0.5, 0.6) is 0 Å². The van der Waals surface area contributed by atoms with Crippen molar-refractivity contribution < 1.29 is 15.0 Å². The van der Waals surface area contributed by atoms with Crippen LogP contribution in [0.4, 0.5) is 0 Å². The van der Waals surface area contributed by atoms with E-state index in [0.29, 0.717) is 0 Å². The molecule has 43 heavy (non-hydrogen) atoms. The van der Waals surface area contributed by atoms with E-state index in [1.54, 1.807) is 0 Å². The van der Waals surface area contributed by atoms with Gasteiger partial charge in [0.25, 0.3) is 0 Å². The molecule has 0 radical (unpaired) electrons. The van der Waals surface area contributed by atoms with E-state index in [1.165, 1.54) is 65.4 Å². The topological polar surface area (TPSA) is 0 Å². The average molecular weight is 713 g/mol. The third-order valence-electron chi connectivity index (χ3n) is 9.55. The van der Waals surface area contributed by atoms with Crippen molar-refractivity contribution in [2.45, 2.75) is 34.2 Å². The van der Waals surface area contributed by atoms with Gasteiger partial charge in [-0.25, -0.2) is 0 Å². The molecule has 4 aromatic carbocycles.